The number of hydrogen-bond acceptors (Lipinski definition) is 2. The lowest BCUT2D eigenvalue weighted by Gasteiger charge is -2.08. The number of benzene rings is 1. The van der Waals surface area contributed by atoms with Crippen molar-refractivity contribution >= 4 is 15.9 Å². The average Bonchev–Trinajstić information content (AvgIpc) is 2.29. The zero-order chi connectivity index (χ0) is 11.4. The molecule has 0 unspecified atom stereocenters. The number of nitrogens with zero attached hydrogens (tertiary/aromatic N) is 1. The molecule has 1 heterocycles. The minimum absolute atomic E-state index is 0.574. The minimum atomic E-state index is 0.574. The van der Waals surface area contributed by atoms with Crippen LogP contribution in [0, 0.1) is 6.92 Å². The first kappa shape index (κ1) is 11.1. The quantitative estimate of drug-likeness (QED) is 0.798. The van der Waals surface area contributed by atoms with Gasteiger partial charge in [0.1, 0.15) is 17.0 Å². The van der Waals surface area contributed by atoms with Gasteiger partial charge in [-0.2, -0.15) is 0 Å². The summed E-state index contributed by atoms with van der Waals surface area (Å²) in [4.78, 5) is 4.28. The number of aryl methyl sites for hydroxylation is 1. The van der Waals surface area contributed by atoms with E-state index in [1.165, 1.54) is 0 Å². The number of hydrogen-bond donors (Lipinski definition) is 0. The molecule has 0 fully saturated rings. The number of rotatable bonds is 3. The molecule has 0 bridgehead atoms. The summed E-state index contributed by atoms with van der Waals surface area (Å²) >= 11 is 3.33. The van der Waals surface area contributed by atoms with Crippen molar-refractivity contribution in [1.29, 1.82) is 0 Å². The van der Waals surface area contributed by atoms with E-state index in [-0.39, 0.29) is 0 Å². The summed E-state index contributed by atoms with van der Waals surface area (Å²) in [6, 6.07) is 13.9. The standard InChI is InChI=1S/C13H12BrNO/c1-10-12(7-8-13(14)15-10)16-9-11-5-3-2-4-6-11/h2-8H,9H2,1H3. The zero-order valence-corrected chi connectivity index (χ0v) is 10.6. The second-order valence-electron chi connectivity index (χ2n) is 3.49. The maximum atomic E-state index is 5.69. The zero-order valence-electron chi connectivity index (χ0n) is 8.98. The van der Waals surface area contributed by atoms with Crippen molar-refractivity contribution in [2.45, 2.75) is 13.5 Å². The molecule has 1 aromatic heterocycles. The highest BCUT2D eigenvalue weighted by Gasteiger charge is 2.01. The van der Waals surface area contributed by atoms with Gasteiger partial charge in [-0.3, -0.25) is 0 Å². The Balaban J connectivity index is 2.05. The monoisotopic (exact) mass is 277 g/mol. The molecule has 0 aliphatic carbocycles. The number of ether oxygens (including phenoxy) is 1. The maximum Gasteiger partial charge on any atom is 0.141 e. The number of aromatic nitrogens is 1. The molecule has 0 saturated heterocycles. The van der Waals surface area contributed by atoms with Crippen LogP contribution in [0.4, 0.5) is 0 Å². The molecule has 0 aliphatic heterocycles. The van der Waals surface area contributed by atoms with Crippen LogP contribution in [0.3, 0.4) is 0 Å². The van der Waals surface area contributed by atoms with Gasteiger partial charge in [0.2, 0.25) is 0 Å². The Bertz CT molecular complexity index is 471. The van der Waals surface area contributed by atoms with E-state index >= 15 is 0 Å². The predicted molar refractivity (Wildman–Crippen MR) is 67.4 cm³/mol. The summed E-state index contributed by atoms with van der Waals surface area (Å²) in [7, 11) is 0. The molecule has 0 amide bonds. The second-order valence-corrected chi connectivity index (χ2v) is 4.30. The third kappa shape index (κ3) is 2.83. The third-order valence-corrected chi connectivity index (χ3v) is 2.68. The predicted octanol–water partition coefficient (Wildman–Crippen LogP) is 3.73. The minimum Gasteiger partial charge on any atom is -0.487 e. The second kappa shape index (κ2) is 5.12. The van der Waals surface area contributed by atoms with Crippen molar-refractivity contribution in [1.82, 2.24) is 4.98 Å². The lowest BCUT2D eigenvalue weighted by molar-refractivity contribution is 0.302. The summed E-state index contributed by atoms with van der Waals surface area (Å²) < 4.78 is 6.53. The highest BCUT2D eigenvalue weighted by Crippen LogP contribution is 2.19. The van der Waals surface area contributed by atoms with Crippen LogP contribution in [0.25, 0.3) is 0 Å². The van der Waals surface area contributed by atoms with Crippen LogP contribution in [-0.4, -0.2) is 4.98 Å². The van der Waals surface area contributed by atoms with Gasteiger partial charge >= 0.3 is 0 Å². The van der Waals surface area contributed by atoms with Crippen molar-refractivity contribution < 1.29 is 4.74 Å². The molecule has 0 N–H and O–H groups in total. The first-order chi connectivity index (χ1) is 7.75. The van der Waals surface area contributed by atoms with Gasteiger partial charge in [0.05, 0.1) is 5.69 Å². The molecule has 2 rings (SSSR count). The van der Waals surface area contributed by atoms with E-state index in [0.29, 0.717) is 6.61 Å². The van der Waals surface area contributed by atoms with Crippen LogP contribution in [0.2, 0.25) is 0 Å². The summed E-state index contributed by atoms with van der Waals surface area (Å²) in [6.07, 6.45) is 0. The Labute approximate surface area is 103 Å². The van der Waals surface area contributed by atoms with E-state index < -0.39 is 0 Å². The fourth-order valence-corrected chi connectivity index (χ4v) is 1.80. The molecular weight excluding hydrogens is 266 g/mol. The van der Waals surface area contributed by atoms with Crippen molar-refractivity contribution in [3.8, 4) is 5.75 Å². The molecule has 2 nitrogen and oxygen atoms in total. The van der Waals surface area contributed by atoms with E-state index in [4.69, 9.17) is 4.74 Å². The Morgan fingerprint density at radius 3 is 2.56 bits per heavy atom. The molecule has 16 heavy (non-hydrogen) atoms. The van der Waals surface area contributed by atoms with E-state index in [0.717, 1.165) is 21.6 Å². The lowest BCUT2D eigenvalue weighted by Crippen LogP contribution is -1.97. The van der Waals surface area contributed by atoms with Crippen LogP contribution >= 0.6 is 15.9 Å². The van der Waals surface area contributed by atoms with E-state index in [2.05, 4.69) is 20.9 Å². The normalized spacial score (nSPS) is 10.1. The van der Waals surface area contributed by atoms with E-state index in [9.17, 15) is 0 Å². The molecule has 0 radical (unpaired) electrons. The molecule has 2 aromatic rings. The van der Waals surface area contributed by atoms with Gasteiger partial charge in [-0.25, -0.2) is 4.98 Å². The van der Waals surface area contributed by atoms with Crippen LogP contribution in [0.15, 0.2) is 47.1 Å². The first-order valence-electron chi connectivity index (χ1n) is 5.05. The van der Waals surface area contributed by atoms with Gasteiger partial charge in [-0.15, -0.1) is 0 Å². The Kier molecular flexibility index (Phi) is 3.57. The van der Waals surface area contributed by atoms with Crippen LogP contribution < -0.4 is 4.74 Å². The van der Waals surface area contributed by atoms with E-state index in [1.54, 1.807) is 0 Å². The van der Waals surface area contributed by atoms with Gasteiger partial charge in [0, 0.05) is 0 Å². The highest BCUT2D eigenvalue weighted by atomic mass is 79.9. The fraction of sp³-hybridized carbons (Fsp3) is 0.154. The van der Waals surface area contributed by atoms with Gasteiger partial charge in [0.15, 0.2) is 0 Å². The molecule has 0 atom stereocenters. The molecule has 0 spiro atoms. The molecule has 1 aromatic carbocycles. The van der Waals surface area contributed by atoms with Gasteiger partial charge < -0.3 is 4.74 Å². The summed E-state index contributed by atoms with van der Waals surface area (Å²) in [5.41, 5.74) is 2.05. The van der Waals surface area contributed by atoms with Crippen molar-refractivity contribution in [3.63, 3.8) is 0 Å². The van der Waals surface area contributed by atoms with Crippen LogP contribution in [-0.2, 0) is 6.61 Å². The SMILES string of the molecule is Cc1nc(Br)ccc1OCc1ccccc1. The highest BCUT2D eigenvalue weighted by molar-refractivity contribution is 9.10. The molecule has 3 heteroatoms. The molecule has 0 aliphatic rings. The topological polar surface area (TPSA) is 22.1 Å². The van der Waals surface area contributed by atoms with E-state index in [1.807, 2.05) is 49.4 Å². The first-order valence-corrected chi connectivity index (χ1v) is 5.85. The molecule has 0 saturated carbocycles. The Morgan fingerprint density at radius 2 is 1.88 bits per heavy atom. The van der Waals surface area contributed by atoms with Crippen molar-refractivity contribution in [2.75, 3.05) is 0 Å². The van der Waals surface area contributed by atoms with Gasteiger partial charge in [-0.05, 0) is 40.5 Å². The van der Waals surface area contributed by atoms with Crippen molar-refractivity contribution in [2.24, 2.45) is 0 Å². The largest absolute Gasteiger partial charge is 0.487 e. The third-order valence-electron chi connectivity index (χ3n) is 2.24. The van der Waals surface area contributed by atoms with Crippen molar-refractivity contribution in [3.05, 3.63) is 58.3 Å². The molecule has 82 valence electrons. The maximum absolute atomic E-state index is 5.69. The summed E-state index contributed by atoms with van der Waals surface area (Å²) in [6.45, 7) is 2.51. The van der Waals surface area contributed by atoms with Gasteiger partial charge in [0.25, 0.3) is 0 Å². The van der Waals surface area contributed by atoms with Crippen LogP contribution in [0.1, 0.15) is 11.3 Å². The van der Waals surface area contributed by atoms with Crippen LogP contribution in [0.5, 0.6) is 5.75 Å². The number of halogens is 1. The number of pyridine rings is 1. The summed E-state index contributed by atoms with van der Waals surface area (Å²) in [5, 5.41) is 0. The lowest BCUT2D eigenvalue weighted by atomic mass is 10.2. The Hall–Kier alpha value is -1.35. The average molecular weight is 278 g/mol. The smallest absolute Gasteiger partial charge is 0.141 e. The Morgan fingerprint density at radius 1 is 1.12 bits per heavy atom. The van der Waals surface area contributed by atoms with Gasteiger partial charge in [-0.1, -0.05) is 30.3 Å². The summed E-state index contributed by atoms with van der Waals surface area (Å²) in [5.74, 6) is 0.826. The molecular formula is C13H12BrNO. The fourth-order valence-electron chi connectivity index (χ4n) is 1.41.